The van der Waals surface area contributed by atoms with Crippen molar-refractivity contribution in [3.8, 4) is 5.75 Å². The molecule has 0 unspecified atom stereocenters. The Morgan fingerprint density at radius 2 is 1.95 bits per heavy atom. The van der Waals surface area contributed by atoms with Gasteiger partial charge in [0.2, 0.25) is 5.60 Å². The van der Waals surface area contributed by atoms with Crippen LogP contribution in [0.2, 0.25) is 0 Å². The first kappa shape index (κ1) is 14.1. The van der Waals surface area contributed by atoms with Gasteiger partial charge in [-0.1, -0.05) is 12.1 Å². The number of carboxylic acid groups (broad SMARTS) is 1. The normalized spacial score (nSPS) is 21.1. The zero-order chi connectivity index (χ0) is 15.0. The van der Waals surface area contributed by atoms with Crippen molar-refractivity contribution in [2.75, 3.05) is 0 Å². The summed E-state index contributed by atoms with van der Waals surface area (Å²) < 4.78 is 5.88. The second-order valence-corrected chi connectivity index (χ2v) is 6.26. The highest BCUT2D eigenvalue weighted by Crippen LogP contribution is 2.44. The molecule has 2 saturated carbocycles. The molecule has 0 saturated heterocycles. The molecule has 0 aromatic heterocycles. The molecule has 4 heteroatoms. The smallest absolute Gasteiger partial charge is 0.348 e. The molecule has 0 bridgehead atoms. The molecule has 1 aromatic carbocycles. The molecule has 3 rings (SSSR count). The quantitative estimate of drug-likeness (QED) is 0.924. The molecule has 0 spiro atoms. The van der Waals surface area contributed by atoms with E-state index in [1.807, 2.05) is 25.1 Å². The first-order valence-corrected chi connectivity index (χ1v) is 7.55. The van der Waals surface area contributed by atoms with Crippen LogP contribution >= 0.6 is 0 Å². The van der Waals surface area contributed by atoms with Crippen molar-refractivity contribution in [3.05, 3.63) is 29.3 Å². The molecule has 1 aromatic rings. The van der Waals surface area contributed by atoms with Gasteiger partial charge in [-0.05, 0) is 42.9 Å². The van der Waals surface area contributed by atoms with Crippen molar-refractivity contribution in [1.29, 1.82) is 0 Å². The molecule has 21 heavy (non-hydrogen) atoms. The number of hydrogen-bond donors (Lipinski definition) is 1. The third-order valence-electron chi connectivity index (χ3n) is 4.55. The Morgan fingerprint density at radius 1 is 1.29 bits per heavy atom. The summed E-state index contributed by atoms with van der Waals surface area (Å²) in [6, 6.07) is 5.98. The van der Waals surface area contributed by atoms with Crippen LogP contribution in [0.4, 0.5) is 0 Å². The van der Waals surface area contributed by atoms with Crippen molar-refractivity contribution < 1.29 is 19.4 Å². The Balaban J connectivity index is 1.87. The lowest BCUT2D eigenvalue weighted by molar-refractivity contribution is -0.147. The Bertz CT molecular complexity index is 576. The monoisotopic (exact) mass is 288 g/mol. The van der Waals surface area contributed by atoms with Crippen LogP contribution in [0.25, 0.3) is 0 Å². The van der Waals surface area contributed by atoms with Gasteiger partial charge in [-0.2, -0.15) is 0 Å². The maximum atomic E-state index is 11.4. The van der Waals surface area contributed by atoms with Gasteiger partial charge < -0.3 is 9.84 Å². The summed E-state index contributed by atoms with van der Waals surface area (Å²) in [5.74, 6) is 0.427. The Labute approximate surface area is 124 Å². The van der Waals surface area contributed by atoms with E-state index in [4.69, 9.17) is 4.74 Å². The number of ether oxygens (including phenoxy) is 1. The maximum Gasteiger partial charge on any atom is 0.348 e. The maximum absolute atomic E-state index is 11.4. The molecule has 0 radical (unpaired) electrons. The number of carbonyl (C=O) groups is 2. The third-order valence-corrected chi connectivity index (χ3v) is 4.55. The van der Waals surface area contributed by atoms with Crippen molar-refractivity contribution in [2.24, 2.45) is 0 Å². The standard InChI is InChI=1S/C17H20O4/c1-11-2-7-14(12-3-5-13(18)6-4-12)15(10-11)21-17(8-9-17)16(19)20/h2,7,10,12H,3-6,8-9H2,1H3,(H,19,20). The van der Waals surface area contributed by atoms with E-state index < -0.39 is 11.6 Å². The number of aryl methyl sites for hydroxylation is 1. The summed E-state index contributed by atoms with van der Waals surface area (Å²) >= 11 is 0. The lowest BCUT2D eigenvalue weighted by atomic mass is 9.83. The topological polar surface area (TPSA) is 63.6 Å². The summed E-state index contributed by atoms with van der Waals surface area (Å²) in [6.07, 6.45) is 4.03. The number of benzene rings is 1. The van der Waals surface area contributed by atoms with E-state index in [0.717, 1.165) is 24.0 Å². The molecule has 2 fully saturated rings. The summed E-state index contributed by atoms with van der Waals surface area (Å²) in [6.45, 7) is 1.97. The van der Waals surface area contributed by atoms with E-state index in [1.54, 1.807) is 0 Å². The molecule has 1 N–H and O–H groups in total. The zero-order valence-corrected chi connectivity index (χ0v) is 12.2. The number of carbonyl (C=O) groups excluding carboxylic acids is 1. The Kier molecular flexibility index (Phi) is 3.47. The average Bonchev–Trinajstić information content (AvgIpc) is 3.21. The fourth-order valence-electron chi connectivity index (χ4n) is 3.00. The molecular formula is C17H20O4. The highest BCUT2D eigenvalue weighted by molar-refractivity contribution is 5.81. The number of ketones is 1. The molecule has 0 heterocycles. The fraction of sp³-hybridized carbons (Fsp3) is 0.529. The molecule has 0 atom stereocenters. The van der Waals surface area contributed by atoms with E-state index >= 15 is 0 Å². The summed E-state index contributed by atoms with van der Waals surface area (Å²) in [5, 5.41) is 9.30. The van der Waals surface area contributed by atoms with Gasteiger partial charge >= 0.3 is 5.97 Å². The third kappa shape index (κ3) is 2.80. The zero-order valence-electron chi connectivity index (χ0n) is 12.2. The van der Waals surface area contributed by atoms with Crippen LogP contribution in [0.5, 0.6) is 5.75 Å². The summed E-state index contributed by atoms with van der Waals surface area (Å²) in [4.78, 5) is 22.7. The number of Topliss-reactive ketones (excluding diaryl/α,β-unsaturated/α-hetero) is 1. The predicted molar refractivity (Wildman–Crippen MR) is 77.6 cm³/mol. The van der Waals surface area contributed by atoms with Gasteiger partial charge in [0.15, 0.2) is 0 Å². The molecule has 112 valence electrons. The van der Waals surface area contributed by atoms with Gasteiger partial charge in [-0.3, -0.25) is 4.79 Å². The molecule has 0 amide bonds. The van der Waals surface area contributed by atoms with E-state index in [9.17, 15) is 14.7 Å². The Hall–Kier alpha value is -1.84. The van der Waals surface area contributed by atoms with Crippen molar-refractivity contribution in [3.63, 3.8) is 0 Å². The fourth-order valence-corrected chi connectivity index (χ4v) is 3.00. The highest BCUT2D eigenvalue weighted by atomic mass is 16.5. The van der Waals surface area contributed by atoms with Crippen molar-refractivity contribution >= 4 is 11.8 Å². The summed E-state index contributed by atoms with van der Waals surface area (Å²) in [7, 11) is 0. The first-order chi connectivity index (χ1) is 10.00. The van der Waals surface area contributed by atoms with E-state index in [1.165, 1.54) is 0 Å². The number of rotatable bonds is 4. The second kappa shape index (κ2) is 5.17. The van der Waals surface area contributed by atoms with Gasteiger partial charge in [-0.15, -0.1) is 0 Å². The largest absolute Gasteiger partial charge is 0.478 e. The van der Waals surface area contributed by atoms with E-state index in [2.05, 4.69) is 0 Å². The minimum atomic E-state index is -1.02. The van der Waals surface area contributed by atoms with Crippen LogP contribution in [0, 0.1) is 6.92 Å². The van der Waals surface area contributed by atoms with Crippen LogP contribution in [-0.2, 0) is 9.59 Å². The highest BCUT2D eigenvalue weighted by Gasteiger charge is 2.53. The molecule has 0 aliphatic heterocycles. The van der Waals surface area contributed by atoms with Crippen LogP contribution in [0.3, 0.4) is 0 Å². The van der Waals surface area contributed by atoms with Crippen LogP contribution in [-0.4, -0.2) is 22.5 Å². The van der Waals surface area contributed by atoms with Crippen molar-refractivity contribution in [1.82, 2.24) is 0 Å². The van der Waals surface area contributed by atoms with Gasteiger partial charge in [-0.25, -0.2) is 4.79 Å². The van der Waals surface area contributed by atoms with Gasteiger partial charge in [0.1, 0.15) is 11.5 Å². The van der Waals surface area contributed by atoms with E-state index in [-0.39, 0.29) is 0 Å². The van der Waals surface area contributed by atoms with Crippen molar-refractivity contribution in [2.45, 2.75) is 57.0 Å². The number of carboxylic acids is 1. The van der Waals surface area contributed by atoms with E-state index in [0.29, 0.717) is 43.1 Å². The van der Waals surface area contributed by atoms with Gasteiger partial charge in [0, 0.05) is 25.7 Å². The predicted octanol–water partition coefficient (Wildman–Crippen LogP) is 3.22. The molecule has 4 nitrogen and oxygen atoms in total. The van der Waals surface area contributed by atoms with Crippen LogP contribution in [0.15, 0.2) is 18.2 Å². The SMILES string of the molecule is Cc1ccc(C2CCC(=O)CC2)c(OC2(C(=O)O)CC2)c1. The molecular weight excluding hydrogens is 268 g/mol. The minimum absolute atomic E-state index is 0.294. The second-order valence-electron chi connectivity index (χ2n) is 6.26. The first-order valence-electron chi connectivity index (χ1n) is 7.55. The molecule has 2 aliphatic carbocycles. The van der Waals surface area contributed by atoms with Gasteiger partial charge in [0.05, 0.1) is 0 Å². The lowest BCUT2D eigenvalue weighted by Crippen LogP contribution is -2.29. The Morgan fingerprint density at radius 3 is 2.52 bits per heavy atom. The lowest BCUT2D eigenvalue weighted by Gasteiger charge is -2.25. The number of aliphatic carboxylic acids is 1. The minimum Gasteiger partial charge on any atom is -0.478 e. The van der Waals surface area contributed by atoms with Gasteiger partial charge in [0.25, 0.3) is 0 Å². The molecule has 2 aliphatic rings. The number of hydrogen-bond acceptors (Lipinski definition) is 3. The van der Waals surface area contributed by atoms with Crippen LogP contribution in [0.1, 0.15) is 55.6 Å². The van der Waals surface area contributed by atoms with Crippen LogP contribution < -0.4 is 4.74 Å². The average molecular weight is 288 g/mol. The summed E-state index contributed by atoms with van der Waals surface area (Å²) in [5.41, 5.74) is 1.09.